The average Bonchev–Trinajstić information content (AvgIpc) is 3.11. The summed E-state index contributed by atoms with van der Waals surface area (Å²) in [4.78, 5) is 0. The molecule has 0 aliphatic carbocycles. The third-order valence-electron chi connectivity index (χ3n) is 10.0. The highest BCUT2D eigenvalue weighted by atomic mass is 14.5. The number of unbranched alkanes of at least 4 members (excludes halogenated alkanes) is 17. The van der Waals surface area contributed by atoms with Crippen LogP contribution in [-0.2, 0) is 25.7 Å². The average molecular weight is 645 g/mol. The second-order valence-corrected chi connectivity index (χ2v) is 14.3. The molecule has 0 bridgehead atoms. The monoisotopic (exact) mass is 645 g/mol. The van der Waals surface area contributed by atoms with E-state index >= 15 is 0 Å². The van der Waals surface area contributed by atoms with Crippen molar-refractivity contribution in [3.05, 3.63) is 130 Å². The minimum absolute atomic E-state index is 0.833. The fraction of sp³-hybridized carbons (Fsp3) is 0.478. The summed E-state index contributed by atoms with van der Waals surface area (Å²) >= 11 is 0. The SMILES string of the molecule is Nc1ccc(Cc2ccc(CCCCCCCCCCCCCCCCCCCCc3ccc(Cc4ccc(N)cc4)cc3)cc2)cc1. The van der Waals surface area contributed by atoms with E-state index in [0.717, 1.165) is 24.2 Å². The summed E-state index contributed by atoms with van der Waals surface area (Å²) in [5, 5.41) is 0. The molecule has 0 saturated carbocycles. The number of nitrogens with two attached hydrogens (primary N) is 2. The minimum atomic E-state index is 0.833. The van der Waals surface area contributed by atoms with E-state index in [-0.39, 0.29) is 0 Å². The number of hydrogen-bond donors (Lipinski definition) is 2. The lowest BCUT2D eigenvalue weighted by Crippen LogP contribution is -1.91. The predicted molar refractivity (Wildman–Crippen MR) is 211 cm³/mol. The predicted octanol–water partition coefficient (Wildman–Crippen LogP) is 12.8. The lowest BCUT2D eigenvalue weighted by atomic mass is 10.00. The van der Waals surface area contributed by atoms with Gasteiger partial charge in [0.25, 0.3) is 0 Å². The summed E-state index contributed by atoms with van der Waals surface area (Å²) in [5.41, 5.74) is 21.6. The van der Waals surface area contributed by atoms with Gasteiger partial charge in [-0.3, -0.25) is 0 Å². The Balaban J connectivity index is 0.856. The second-order valence-electron chi connectivity index (χ2n) is 14.3. The van der Waals surface area contributed by atoms with Crippen LogP contribution in [0.2, 0.25) is 0 Å². The van der Waals surface area contributed by atoms with Crippen LogP contribution in [0.5, 0.6) is 0 Å². The van der Waals surface area contributed by atoms with Gasteiger partial charge < -0.3 is 11.5 Å². The van der Waals surface area contributed by atoms with Crippen molar-refractivity contribution in [2.45, 2.75) is 141 Å². The Morgan fingerprint density at radius 3 is 0.667 bits per heavy atom. The zero-order chi connectivity index (χ0) is 33.5. The standard InChI is InChI=1S/C46H64N2/c47-45-33-29-43(30-34-45)37-41-25-21-39(22-26-41)19-17-15-13-11-9-7-5-3-1-2-4-6-8-10-12-14-16-18-20-40-23-27-42(28-24-40)38-44-31-35-46(48)36-32-44/h21-36H,1-20,37-38,47-48H2. The first-order chi connectivity index (χ1) is 23.6. The first-order valence-electron chi connectivity index (χ1n) is 19.5. The van der Waals surface area contributed by atoms with Crippen LogP contribution in [0.1, 0.15) is 149 Å². The summed E-state index contributed by atoms with van der Waals surface area (Å²) < 4.78 is 0. The van der Waals surface area contributed by atoms with Crippen molar-refractivity contribution in [1.82, 2.24) is 0 Å². The quantitative estimate of drug-likeness (QED) is 0.0557. The van der Waals surface area contributed by atoms with Gasteiger partial charge in [-0.1, -0.05) is 176 Å². The maximum Gasteiger partial charge on any atom is 0.0314 e. The van der Waals surface area contributed by atoms with Crippen LogP contribution in [0.3, 0.4) is 0 Å². The summed E-state index contributed by atoms with van der Waals surface area (Å²) in [6.07, 6.45) is 29.8. The van der Waals surface area contributed by atoms with Gasteiger partial charge in [0.1, 0.15) is 0 Å². The molecule has 4 N–H and O–H groups in total. The molecule has 258 valence electrons. The zero-order valence-electron chi connectivity index (χ0n) is 29.9. The van der Waals surface area contributed by atoms with Gasteiger partial charge in [-0.2, -0.15) is 0 Å². The van der Waals surface area contributed by atoms with Crippen LogP contribution in [-0.4, -0.2) is 0 Å². The van der Waals surface area contributed by atoms with E-state index in [1.54, 1.807) is 0 Å². The molecule has 0 atom stereocenters. The molecular formula is C46H64N2. The first kappa shape index (κ1) is 37.3. The van der Waals surface area contributed by atoms with Crippen LogP contribution in [0.15, 0.2) is 97.1 Å². The van der Waals surface area contributed by atoms with E-state index in [0.29, 0.717) is 0 Å². The van der Waals surface area contributed by atoms with Gasteiger partial charge in [0, 0.05) is 11.4 Å². The van der Waals surface area contributed by atoms with Crippen LogP contribution in [0.25, 0.3) is 0 Å². The van der Waals surface area contributed by atoms with Crippen LogP contribution in [0, 0.1) is 0 Å². The maximum absolute atomic E-state index is 5.80. The van der Waals surface area contributed by atoms with E-state index in [9.17, 15) is 0 Å². The number of hydrogen-bond acceptors (Lipinski definition) is 2. The van der Waals surface area contributed by atoms with Gasteiger partial charge in [0.05, 0.1) is 0 Å². The highest BCUT2D eigenvalue weighted by molar-refractivity contribution is 5.41. The molecule has 0 fully saturated rings. The Hall–Kier alpha value is -3.52. The van der Waals surface area contributed by atoms with Crippen LogP contribution < -0.4 is 11.5 Å². The molecule has 2 heteroatoms. The van der Waals surface area contributed by atoms with Gasteiger partial charge in [0.15, 0.2) is 0 Å². The Kier molecular flexibility index (Phi) is 17.8. The molecule has 4 aromatic rings. The van der Waals surface area contributed by atoms with Crippen LogP contribution >= 0.6 is 0 Å². The van der Waals surface area contributed by atoms with Crippen molar-refractivity contribution >= 4 is 11.4 Å². The van der Waals surface area contributed by atoms with E-state index in [1.807, 2.05) is 24.3 Å². The summed E-state index contributed by atoms with van der Waals surface area (Å²) in [5.74, 6) is 0. The van der Waals surface area contributed by atoms with Crippen molar-refractivity contribution < 1.29 is 0 Å². The smallest absolute Gasteiger partial charge is 0.0314 e. The molecule has 2 nitrogen and oxygen atoms in total. The summed E-state index contributed by atoms with van der Waals surface area (Å²) in [7, 11) is 0. The van der Waals surface area contributed by atoms with Crippen molar-refractivity contribution in [2.24, 2.45) is 0 Å². The third-order valence-corrected chi connectivity index (χ3v) is 10.0. The number of benzene rings is 4. The summed E-state index contributed by atoms with van der Waals surface area (Å²) in [6, 6.07) is 34.9. The molecule has 0 aliphatic heterocycles. The molecule has 0 aromatic heterocycles. The largest absolute Gasteiger partial charge is 0.399 e. The normalized spacial score (nSPS) is 11.2. The second kappa shape index (κ2) is 22.9. The Morgan fingerprint density at radius 1 is 0.229 bits per heavy atom. The number of rotatable bonds is 25. The molecule has 0 saturated heterocycles. The number of anilines is 2. The molecule has 4 aromatic carbocycles. The van der Waals surface area contributed by atoms with Crippen molar-refractivity contribution in [1.29, 1.82) is 0 Å². The fourth-order valence-electron chi connectivity index (χ4n) is 6.88. The lowest BCUT2D eigenvalue weighted by molar-refractivity contribution is 0.524. The van der Waals surface area contributed by atoms with Gasteiger partial charge in [-0.25, -0.2) is 0 Å². The van der Waals surface area contributed by atoms with Gasteiger partial charge >= 0.3 is 0 Å². The van der Waals surface area contributed by atoms with Crippen molar-refractivity contribution in [2.75, 3.05) is 11.5 Å². The van der Waals surface area contributed by atoms with Crippen molar-refractivity contribution in [3.63, 3.8) is 0 Å². The molecule has 48 heavy (non-hydrogen) atoms. The molecule has 0 aliphatic rings. The molecule has 0 heterocycles. The maximum atomic E-state index is 5.80. The molecule has 0 amide bonds. The molecule has 0 spiro atoms. The number of aryl methyl sites for hydroxylation is 2. The Morgan fingerprint density at radius 2 is 0.417 bits per heavy atom. The Labute approximate surface area is 293 Å². The van der Waals surface area contributed by atoms with E-state index in [2.05, 4.69) is 72.8 Å². The molecule has 0 radical (unpaired) electrons. The van der Waals surface area contributed by atoms with Gasteiger partial charge in [-0.15, -0.1) is 0 Å². The van der Waals surface area contributed by atoms with Crippen molar-refractivity contribution in [3.8, 4) is 0 Å². The fourth-order valence-corrected chi connectivity index (χ4v) is 6.88. The number of nitrogen functional groups attached to an aromatic ring is 2. The third kappa shape index (κ3) is 16.1. The van der Waals surface area contributed by atoms with Gasteiger partial charge in [-0.05, 0) is 96.2 Å². The Bertz CT molecular complexity index is 1240. The zero-order valence-corrected chi connectivity index (χ0v) is 29.9. The van der Waals surface area contributed by atoms with E-state index in [4.69, 9.17) is 11.5 Å². The minimum Gasteiger partial charge on any atom is -0.399 e. The highest BCUT2D eigenvalue weighted by Crippen LogP contribution is 2.18. The highest BCUT2D eigenvalue weighted by Gasteiger charge is 2.01. The molecular weight excluding hydrogens is 581 g/mol. The first-order valence-corrected chi connectivity index (χ1v) is 19.5. The van der Waals surface area contributed by atoms with E-state index < -0.39 is 0 Å². The molecule has 4 rings (SSSR count). The van der Waals surface area contributed by atoms with Gasteiger partial charge in [0.2, 0.25) is 0 Å². The van der Waals surface area contributed by atoms with Crippen LogP contribution in [0.4, 0.5) is 11.4 Å². The van der Waals surface area contributed by atoms with E-state index in [1.165, 1.54) is 162 Å². The summed E-state index contributed by atoms with van der Waals surface area (Å²) in [6.45, 7) is 0. The molecule has 0 unspecified atom stereocenters. The topological polar surface area (TPSA) is 52.0 Å². The lowest BCUT2D eigenvalue weighted by Gasteiger charge is -2.06.